The van der Waals surface area contributed by atoms with Gasteiger partial charge in [-0.3, -0.25) is 0 Å². The monoisotopic (exact) mass is 129 g/mol. The molecule has 6 heavy (non-hydrogen) atoms. The average Bonchev–Trinajstić information content (AvgIpc) is 0. The SMILES string of the molecule is O.O.O.P.S.[Li]. The van der Waals surface area contributed by atoms with E-state index in [2.05, 4.69) is 0 Å². The van der Waals surface area contributed by atoms with Gasteiger partial charge in [0.25, 0.3) is 0 Å². The third-order valence-electron chi connectivity index (χ3n) is 0. The summed E-state index contributed by atoms with van der Waals surface area (Å²) in [5.41, 5.74) is 0. The molecule has 0 fully saturated rings. The van der Waals surface area contributed by atoms with Crippen molar-refractivity contribution in [2.45, 2.75) is 0 Å². The van der Waals surface area contributed by atoms with E-state index in [-0.39, 0.29) is 58.7 Å². The Balaban J connectivity index is 0. The largest absolute Gasteiger partial charge is 0.412 e. The summed E-state index contributed by atoms with van der Waals surface area (Å²) in [6, 6.07) is 0. The minimum atomic E-state index is 0. The molecule has 0 spiro atoms. The van der Waals surface area contributed by atoms with E-state index in [1.54, 1.807) is 0 Å². The second-order valence-corrected chi connectivity index (χ2v) is 0. The zero-order chi connectivity index (χ0) is 0. The van der Waals surface area contributed by atoms with Crippen molar-refractivity contribution in [3.05, 3.63) is 0 Å². The van der Waals surface area contributed by atoms with Crippen LogP contribution in [0.3, 0.4) is 0 Å². The number of hydrogen-bond acceptors (Lipinski definition) is 0. The van der Waals surface area contributed by atoms with Crippen molar-refractivity contribution in [1.29, 1.82) is 0 Å². The normalized spacial score (nSPS) is 0. The van der Waals surface area contributed by atoms with E-state index in [0.717, 1.165) is 0 Å². The first-order valence-corrected chi connectivity index (χ1v) is 0. The molecule has 0 aliphatic rings. The maximum atomic E-state index is 0. The van der Waals surface area contributed by atoms with E-state index in [9.17, 15) is 0 Å². The Morgan fingerprint density at radius 1 is 0.667 bits per heavy atom. The van der Waals surface area contributed by atoms with Crippen molar-refractivity contribution in [3.8, 4) is 0 Å². The van der Waals surface area contributed by atoms with Crippen molar-refractivity contribution < 1.29 is 16.4 Å². The van der Waals surface area contributed by atoms with Gasteiger partial charge in [-0.25, -0.2) is 0 Å². The second kappa shape index (κ2) is 109. The van der Waals surface area contributed by atoms with E-state index >= 15 is 0 Å². The Labute approximate surface area is 59.1 Å². The molecule has 41 valence electrons. The predicted molar refractivity (Wildman–Crippen MR) is 38.1 cm³/mol. The number of hydrogen-bond donors (Lipinski definition) is 0. The minimum Gasteiger partial charge on any atom is -0.412 e. The molecular weight excluding hydrogens is 118 g/mol. The first kappa shape index (κ1) is 180. The first-order valence-electron chi connectivity index (χ1n) is 0. The molecule has 1 unspecified atom stereocenters. The molecule has 0 aromatic heterocycles. The molecule has 0 amide bonds. The molecular formula is H11LiO3PS. The molecule has 0 aromatic carbocycles. The van der Waals surface area contributed by atoms with Crippen LogP contribution in [-0.2, 0) is 0 Å². The van der Waals surface area contributed by atoms with E-state index in [4.69, 9.17) is 0 Å². The van der Waals surface area contributed by atoms with Crippen LogP contribution in [0.2, 0.25) is 0 Å². The fraction of sp³-hybridized carbons (Fsp3) is 0. The van der Waals surface area contributed by atoms with Gasteiger partial charge in [-0.05, 0) is 0 Å². The van der Waals surface area contributed by atoms with E-state index in [0.29, 0.717) is 0 Å². The van der Waals surface area contributed by atoms with Crippen molar-refractivity contribution in [2.75, 3.05) is 0 Å². The van der Waals surface area contributed by atoms with Crippen LogP contribution in [0.15, 0.2) is 0 Å². The molecule has 3 nitrogen and oxygen atoms in total. The van der Waals surface area contributed by atoms with Crippen LogP contribution in [0.1, 0.15) is 0 Å². The maximum absolute atomic E-state index is 0. The van der Waals surface area contributed by atoms with Gasteiger partial charge in [0.2, 0.25) is 0 Å². The molecule has 0 rings (SSSR count). The molecule has 0 saturated heterocycles. The summed E-state index contributed by atoms with van der Waals surface area (Å²) in [7, 11) is 0. The van der Waals surface area contributed by atoms with Gasteiger partial charge in [-0.15, -0.1) is 0 Å². The van der Waals surface area contributed by atoms with Crippen LogP contribution < -0.4 is 0 Å². The molecule has 1 atom stereocenters. The van der Waals surface area contributed by atoms with Crippen molar-refractivity contribution >= 4 is 42.3 Å². The van der Waals surface area contributed by atoms with Gasteiger partial charge in [0.05, 0.1) is 0 Å². The van der Waals surface area contributed by atoms with Crippen molar-refractivity contribution in [1.82, 2.24) is 0 Å². The fourth-order valence-electron chi connectivity index (χ4n) is 0. The molecule has 1 radical (unpaired) electrons. The first-order chi connectivity index (χ1) is 0. The van der Waals surface area contributed by atoms with Crippen LogP contribution in [-0.4, -0.2) is 35.3 Å². The quantitative estimate of drug-likeness (QED) is 0.251. The zero-order valence-corrected chi connectivity index (χ0v) is 6.12. The van der Waals surface area contributed by atoms with E-state index < -0.39 is 0 Å². The molecule has 6 heteroatoms. The zero-order valence-electron chi connectivity index (χ0n) is 3.71. The van der Waals surface area contributed by atoms with Gasteiger partial charge in [0.1, 0.15) is 0 Å². The number of rotatable bonds is 0. The molecule has 6 N–H and O–H groups in total. The van der Waals surface area contributed by atoms with E-state index in [1.165, 1.54) is 0 Å². The second-order valence-electron chi connectivity index (χ2n) is 0. The summed E-state index contributed by atoms with van der Waals surface area (Å²) in [5, 5.41) is 0. The third kappa shape index (κ3) is 60.3. The van der Waals surface area contributed by atoms with Crippen molar-refractivity contribution in [3.63, 3.8) is 0 Å². The fourth-order valence-corrected chi connectivity index (χ4v) is 0. The molecule has 0 aliphatic carbocycles. The standard InChI is InChI=1S/Li.3H2O.H3P.H2S/h;3*1H2;1H3;1H2. The van der Waals surface area contributed by atoms with Crippen molar-refractivity contribution in [2.24, 2.45) is 0 Å². The molecule has 0 saturated carbocycles. The Morgan fingerprint density at radius 3 is 0.667 bits per heavy atom. The summed E-state index contributed by atoms with van der Waals surface area (Å²) < 4.78 is 0. The third-order valence-corrected chi connectivity index (χ3v) is 0. The Hall–Kier alpha value is 1.26. The van der Waals surface area contributed by atoms with Gasteiger partial charge >= 0.3 is 0 Å². The summed E-state index contributed by atoms with van der Waals surface area (Å²) >= 11 is 0. The predicted octanol–water partition coefficient (Wildman–Crippen LogP) is -2.68. The summed E-state index contributed by atoms with van der Waals surface area (Å²) in [6.07, 6.45) is 0. The van der Waals surface area contributed by atoms with Gasteiger partial charge in [0.15, 0.2) is 0 Å². The molecule has 0 bridgehead atoms. The molecule has 0 aromatic rings. The van der Waals surface area contributed by atoms with E-state index in [1.807, 2.05) is 0 Å². The van der Waals surface area contributed by atoms with Gasteiger partial charge in [0, 0.05) is 18.9 Å². The topological polar surface area (TPSA) is 94.5 Å². The van der Waals surface area contributed by atoms with Crippen LogP contribution in [0.5, 0.6) is 0 Å². The average molecular weight is 129 g/mol. The Bertz CT molecular complexity index is 10.8. The Kier molecular flexibility index (Phi) is 3280. The van der Waals surface area contributed by atoms with Gasteiger partial charge in [-0.2, -0.15) is 23.4 Å². The van der Waals surface area contributed by atoms with Crippen LogP contribution in [0.25, 0.3) is 0 Å². The molecule has 0 heterocycles. The van der Waals surface area contributed by atoms with Gasteiger partial charge < -0.3 is 16.4 Å². The molecule has 0 aliphatic heterocycles. The smallest absolute Gasteiger partial charge is 0 e. The Morgan fingerprint density at radius 2 is 0.667 bits per heavy atom. The van der Waals surface area contributed by atoms with Crippen LogP contribution in [0, 0.1) is 0 Å². The minimum absolute atomic E-state index is 0. The van der Waals surface area contributed by atoms with Crippen LogP contribution >= 0.6 is 23.4 Å². The summed E-state index contributed by atoms with van der Waals surface area (Å²) in [6.45, 7) is 0. The maximum Gasteiger partial charge on any atom is 0 e. The summed E-state index contributed by atoms with van der Waals surface area (Å²) in [4.78, 5) is 0. The van der Waals surface area contributed by atoms with Crippen LogP contribution in [0.4, 0.5) is 0 Å². The summed E-state index contributed by atoms with van der Waals surface area (Å²) in [5.74, 6) is 0. The van der Waals surface area contributed by atoms with Gasteiger partial charge in [-0.1, -0.05) is 0 Å².